The van der Waals surface area contributed by atoms with Crippen molar-refractivity contribution >= 4 is 16.1 Å². The molecule has 0 heterocycles. The van der Waals surface area contributed by atoms with Gasteiger partial charge in [0, 0.05) is 0 Å². The molecule has 0 fully saturated rings. The van der Waals surface area contributed by atoms with Crippen LogP contribution in [0.5, 0.6) is 0 Å². The average molecular weight is 258 g/mol. The third-order valence-corrected chi connectivity index (χ3v) is 3.61. The molecule has 0 aliphatic rings. The van der Waals surface area contributed by atoms with Gasteiger partial charge in [-0.15, -0.1) is 0 Å². The molecule has 6 heteroatoms. The van der Waals surface area contributed by atoms with Crippen LogP contribution < -0.4 is 0 Å². The summed E-state index contributed by atoms with van der Waals surface area (Å²) in [4.78, 5) is 10.9. The number of hydrogen-bond donors (Lipinski definition) is 0. The summed E-state index contributed by atoms with van der Waals surface area (Å²) < 4.78 is 32.6. The molecule has 0 atom stereocenters. The van der Waals surface area contributed by atoms with Crippen LogP contribution in [0.15, 0.2) is 29.2 Å². The van der Waals surface area contributed by atoms with Gasteiger partial charge in [0.2, 0.25) is 0 Å². The number of carbonyl (C=O) groups excluding carboxylic acids is 1. The van der Waals surface area contributed by atoms with Crippen LogP contribution in [0.1, 0.15) is 12.0 Å². The van der Waals surface area contributed by atoms with E-state index in [2.05, 4.69) is 4.74 Å². The van der Waals surface area contributed by atoms with Crippen molar-refractivity contribution in [3.63, 3.8) is 0 Å². The van der Waals surface area contributed by atoms with Crippen molar-refractivity contribution in [1.82, 2.24) is 0 Å². The van der Waals surface area contributed by atoms with Gasteiger partial charge in [0.25, 0.3) is 10.1 Å². The highest BCUT2D eigenvalue weighted by atomic mass is 32.2. The second-order valence-electron chi connectivity index (χ2n) is 3.37. The Kier molecular flexibility index (Phi) is 4.65. The number of esters is 1. The highest BCUT2D eigenvalue weighted by Crippen LogP contribution is 2.16. The van der Waals surface area contributed by atoms with Crippen LogP contribution >= 0.6 is 0 Å². The zero-order valence-electron chi connectivity index (χ0n) is 9.67. The Bertz CT molecular complexity index is 492. The van der Waals surface area contributed by atoms with Gasteiger partial charge >= 0.3 is 5.97 Å². The molecular weight excluding hydrogens is 244 g/mol. The number of aryl methyl sites for hydroxylation is 1. The van der Waals surface area contributed by atoms with Crippen LogP contribution in [0.25, 0.3) is 0 Å². The van der Waals surface area contributed by atoms with E-state index in [0.29, 0.717) is 5.56 Å². The van der Waals surface area contributed by atoms with Gasteiger partial charge in [-0.25, -0.2) is 0 Å². The minimum Gasteiger partial charge on any atom is -0.469 e. The van der Waals surface area contributed by atoms with E-state index in [0.717, 1.165) is 0 Å². The van der Waals surface area contributed by atoms with Crippen molar-refractivity contribution in [2.45, 2.75) is 18.2 Å². The molecule has 17 heavy (non-hydrogen) atoms. The molecule has 1 aromatic rings. The summed E-state index contributed by atoms with van der Waals surface area (Å²) in [5.74, 6) is -0.509. The third-order valence-electron chi connectivity index (χ3n) is 2.14. The van der Waals surface area contributed by atoms with Gasteiger partial charge < -0.3 is 4.74 Å². The van der Waals surface area contributed by atoms with Crippen LogP contribution in [0.3, 0.4) is 0 Å². The van der Waals surface area contributed by atoms with Crippen molar-refractivity contribution in [1.29, 1.82) is 0 Å². The lowest BCUT2D eigenvalue weighted by molar-refractivity contribution is -0.141. The molecule has 1 rings (SSSR count). The van der Waals surface area contributed by atoms with Gasteiger partial charge in [-0.1, -0.05) is 18.2 Å². The topological polar surface area (TPSA) is 69.7 Å². The second-order valence-corrected chi connectivity index (χ2v) is 4.95. The maximum absolute atomic E-state index is 11.7. The fraction of sp³-hybridized carbons (Fsp3) is 0.364. The Morgan fingerprint density at radius 3 is 2.53 bits per heavy atom. The summed E-state index contributed by atoms with van der Waals surface area (Å²) in [6.45, 7) is 1.46. The third kappa shape index (κ3) is 3.83. The Morgan fingerprint density at radius 1 is 1.29 bits per heavy atom. The van der Waals surface area contributed by atoms with E-state index < -0.39 is 16.1 Å². The van der Waals surface area contributed by atoms with Gasteiger partial charge in [-0.3, -0.25) is 8.98 Å². The van der Waals surface area contributed by atoms with E-state index in [9.17, 15) is 13.2 Å². The molecule has 94 valence electrons. The molecule has 0 amide bonds. The summed E-state index contributed by atoms with van der Waals surface area (Å²) >= 11 is 0. The SMILES string of the molecule is COC(=O)CCOS(=O)(=O)c1ccccc1C. The van der Waals surface area contributed by atoms with Crippen molar-refractivity contribution < 1.29 is 22.1 Å². The average Bonchev–Trinajstić information content (AvgIpc) is 2.28. The maximum Gasteiger partial charge on any atom is 0.307 e. The summed E-state index contributed by atoms with van der Waals surface area (Å²) in [6.07, 6.45) is -0.0956. The standard InChI is InChI=1S/C11H14O5S/c1-9-5-3-4-6-10(9)17(13,14)16-8-7-11(12)15-2/h3-6H,7-8H2,1-2H3. The Balaban J connectivity index is 2.70. The smallest absolute Gasteiger partial charge is 0.307 e. The summed E-state index contributed by atoms with van der Waals surface area (Å²) in [5, 5.41) is 0. The number of carbonyl (C=O) groups is 1. The molecule has 0 aliphatic carbocycles. The monoisotopic (exact) mass is 258 g/mol. The lowest BCUT2D eigenvalue weighted by Gasteiger charge is -2.07. The highest BCUT2D eigenvalue weighted by Gasteiger charge is 2.17. The summed E-state index contributed by atoms with van der Waals surface area (Å²) in [5.41, 5.74) is 0.602. The van der Waals surface area contributed by atoms with Crippen LogP contribution in [-0.2, 0) is 23.8 Å². The molecule has 0 N–H and O–H groups in total. The first kappa shape index (κ1) is 13.7. The van der Waals surface area contributed by atoms with E-state index in [1.807, 2.05) is 0 Å². The number of methoxy groups -OCH3 is 1. The van der Waals surface area contributed by atoms with Crippen LogP contribution in [-0.4, -0.2) is 28.1 Å². The molecule has 5 nitrogen and oxygen atoms in total. The largest absolute Gasteiger partial charge is 0.469 e. The first-order valence-electron chi connectivity index (χ1n) is 4.99. The van der Waals surface area contributed by atoms with Crippen LogP contribution in [0.4, 0.5) is 0 Å². The lowest BCUT2D eigenvalue weighted by Crippen LogP contribution is -2.12. The van der Waals surface area contributed by atoms with Crippen molar-refractivity contribution in [3.8, 4) is 0 Å². The fourth-order valence-electron chi connectivity index (χ4n) is 1.24. The Morgan fingerprint density at radius 2 is 1.94 bits per heavy atom. The molecule has 0 saturated carbocycles. The summed E-state index contributed by atoms with van der Waals surface area (Å²) in [7, 11) is -2.57. The minimum absolute atomic E-state index is 0.0956. The van der Waals surface area contributed by atoms with Crippen LogP contribution in [0.2, 0.25) is 0 Å². The lowest BCUT2D eigenvalue weighted by atomic mass is 10.2. The van der Waals surface area contributed by atoms with Gasteiger partial charge in [0.05, 0.1) is 25.0 Å². The van der Waals surface area contributed by atoms with Crippen molar-refractivity contribution in [2.24, 2.45) is 0 Å². The van der Waals surface area contributed by atoms with E-state index in [4.69, 9.17) is 4.18 Å². The molecule has 0 unspecified atom stereocenters. The number of hydrogen-bond acceptors (Lipinski definition) is 5. The van der Waals surface area contributed by atoms with Gasteiger partial charge in [-0.2, -0.15) is 8.42 Å². The van der Waals surface area contributed by atoms with E-state index in [1.165, 1.54) is 13.2 Å². The molecule has 1 aromatic carbocycles. The second kappa shape index (κ2) is 5.79. The van der Waals surface area contributed by atoms with E-state index in [-0.39, 0.29) is 17.9 Å². The van der Waals surface area contributed by atoms with Gasteiger partial charge in [0.15, 0.2) is 0 Å². The van der Waals surface area contributed by atoms with Gasteiger partial charge in [-0.05, 0) is 18.6 Å². The van der Waals surface area contributed by atoms with Crippen LogP contribution in [0, 0.1) is 6.92 Å². The highest BCUT2D eigenvalue weighted by molar-refractivity contribution is 7.86. The molecular formula is C11H14O5S. The zero-order valence-corrected chi connectivity index (χ0v) is 10.5. The quantitative estimate of drug-likeness (QED) is 0.587. The minimum atomic E-state index is -3.80. The van der Waals surface area contributed by atoms with Crippen molar-refractivity contribution in [3.05, 3.63) is 29.8 Å². The normalized spacial score (nSPS) is 11.2. The summed E-state index contributed by atoms with van der Waals surface area (Å²) in [6, 6.07) is 6.49. The maximum atomic E-state index is 11.7. The number of rotatable bonds is 5. The fourth-order valence-corrected chi connectivity index (χ4v) is 2.37. The van der Waals surface area contributed by atoms with Gasteiger partial charge in [0.1, 0.15) is 0 Å². The molecule has 0 radical (unpaired) electrons. The van der Waals surface area contributed by atoms with E-state index >= 15 is 0 Å². The zero-order chi connectivity index (χ0) is 12.9. The number of benzene rings is 1. The predicted octanol–water partition coefficient (Wildman–Crippen LogP) is 1.26. The molecule has 0 spiro atoms. The first-order valence-corrected chi connectivity index (χ1v) is 6.40. The molecule has 0 aliphatic heterocycles. The Labute approximate surface area is 100 Å². The molecule has 0 aromatic heterocycles. The molecule has 0 saturated heterocycles. The van der Waals surface area contributed by atoms with E-state index in [1.54, 1.807) is 25.1 Å². The van der Waals surface area contributed by atoms with Crippen molar-refractivity contribution in [2.75, 3.05) is 13.7 Å². The first-order chi connectivity index (χ1) is 7.97. The predicted molar refractivity (Wildman–Crippen MR) is 60.9 cm³/mol. The molecule has 0 bridgehead atoms. The Hall–Kier alpha value is -1.40. The number of ether oxygens (including phenoxy) is 1.